The van der Waals surface area contributed by atoms with Crippen LogP contribution in [0.1, 0.15) is 11.1 Å². The van der Waals surface area contributed by atoms with E-state index in [2.05, 4.69) is 10.5 Å². The molecule has 0 fully saturated rings. The molecular weight excluding hydrogens is 384 g/mol. The van der Waals surface area contributed by atoms with Crippen molar-refractivity contribution in [1.82, 2.24) is 5.43 Å². The Morgan fingerprint density at radius 1 is 0.931 bits per heavy atom. The van der Waals surface area contributed by atoms with Crippen molar-refractivity contribution in [1.29, 1.82) is 0 Å². The molecule has 29 heavy (non-hydrogen) atoms. The summed E-state index contributed by atoms with van der Waals surface area (Å²) in [6, 6.07) is 24.9. The maximum atomic E-state index is 11.9. The maximum absolute atomic E-state index is 11.9. The molecular formula is C23H22N2O3S. The van der Waals surface area contributed by atoms with E-state index in [9.17, 15) is 4.79 Å². The molecule has 0 radical (unpaired) electrons. The Hall–Kier alpha value is -3.25. The topological polar surface area (TPSA) is 59.9 Å². The Balaban J connectivity index is 1.39. The summed E-state index contributed by atoms with van der Waals surface area (Å²) in [5, 5.41) is 4.01. The van der Waals surface area contributed by atoms with E-state index >= 15 is 0 Å². The quantitative estimate of drug-likeness (QED) is 0.407. The molecule has 0 bridgehead atoms. The molecule has 0 aliphatic carbocycles. The van der Waals surface area contributed by atoms with E-state index in [0.717, 1.165) is 34.1 Å². The van der Waals surface area contributed by atoms with Crippen molar-refractivity contribution in [3.05, 3.63) is 90.0 Å². The molecule has 6 heteroatoms. The highest BCUT2D eigenvalue weighted by atomic mass is 32.2. The minimum Gasteiger partial charge on any atom is -0.497 e. The fourth-order valence-corrected chi connectivity index (χ4v) is 3.22. The fourth-order valence-electron chi connectivity index (χ4n) is 2.44. The third-order valence-corrected chi connectivity index (χ3v) is 4.93. The van der Waals surface area contributed by atoms with Gasteiger partial charge in [0.15, 0.2) is 0 Å². The molecule has 0 unspecified atom stereocenters. The number of para-hydroxylation sites is 1. The molecule has 3 aromatic rings. The van der Waals surface area contributed by atoms with Crippen molar-refractivity contribution >= 4 is 23.9 Å². The molecule has 0 aliphatic rings. The molecule has 0 aliphatic heterocycles. The third kappa shape index (κ3) is 7.01. The van der Waals surface area contributed by atoms with Crippen LogP contribution in [-0.2, 0) is 10.5 Å². The molecule has 0 spiro atoms. The SMILES string of the molecule is COc1ccc(CSCC(=O)N/N=C\c2ccc(Oc3ccccc3)cc2)cc1. The van der Waals surface area contributed by atoms with Crippen LogP contribution in [0.2, 0.25) is 0 Å². The van der Waals surface area contributed by atoms with Crippen LogP contribution in [-0.4, -0.2) is 25.0 Å². The van der Waals surface area contributed by atoms with Gasteiger partial charge in [0.1, 0.15) is 17.2 Å². The van der Waals surface area contributed by atoms with Crippen LogP contribution in [0.4, 0.5) is 0 Å². The van der Waals surface area contributed by atoms with Gasteiger partial charge < -0.3 is 9.47 Å². The zero-order valence-corrected chi connectivity index (χ0v) is 16.9. The summed E-state index contributed by atoms with van der Waals surface area (Å²) < 4.78 is 10.9. The average molecular weight is 407 g/mol. The Labute approximate surface area is 174 Å². The zero-order valence-electron chi connectivity index (χ0n) is 16.1. The minimum absolute atomic E-state index is 0.135. The van der Waals surface area contributed by atoms with Crippen molar-refractivity contribution in [3.8, 4) is 17.2 Å². The Kier molecular flexibility index (Phi) is 7.72. The number of rotatable bonds is 9. The Morgan fingerprint density at radius 2 is 1.59 bits per heavy atom. The van der Waals surface area contributed by atoms with Gasteiger partial charge in [0.2, 0.25) is 5.91 Å². The van der Waals surface area contributed by atoms with Gasteiger partial charge in [-0.15, -0.1) is 11.8 Å². The molecule has 0 saturated carbocycles. The first kappa shape index (κ1) is 20.5. The lowest BCUT2D eigenvalue weighted by Crippen LogP contribution is -2.19. The van der Waals surface area contributed by atoms with Gasteiger partial charge in [0.25, 0.3) is 0 Å². The van der Waals surface area contributed by atoms with Crippen molar-refractivity contribution in [2.75, 3.05) is 12.9 Å². The predicted molar refractivity (Wildman–Crippen MR) is 118 cm³/mol. The molecule has 0 aromatic heterocycles. The molecule has 0 atom stereocenters. The van der Waals surface area contributed by atoms with Crippen molar-refractivity contribution < 1.29 is 14.3 Å². The summed E-state index contributed by atoms with van der Waals surface area (Å²) in [4.78, 5) is 11.9. The second-order valence-electron chi connectivity index (χ2n) is 6.12. The van der Waals surface area contributed by atoms with Gasteiger partial charge in [0.05, 0.1) is 19.1 Å². The van der Waals surface area contributed by atoms with Gasteiger partial charge in [-0.2, -0.15) is 5.10 Å². The van der Waals surface area contributed by atoms with E-state index in [1.54, 1.807) is 13.3 Å². The minimum atomic E-state index is -0.135. The number of benzene rings is 3. The lowest BCUT2D eigenvalue weighted by Gasteiger charge is -2.05. The summed E-state index contributed by atoms with van der Waals surface area (Å²) in [7, 11) is 1.64. The number of thioether (sulfide) groups is 1. The average Bonchev–Trinajstić information content (AvgIpc) is 2.76. The molecule has 1 amide bonds. The number of methoxy groups -OCH3 is 1. The van der Waals surface area contributed by atoms with Gasteiger partial charge in [0, 0.05) is 5.75 Å². The van der Waals surface area contributed by atoms with Crippen LogP contribution in [0.3, 0.4) is 0 Å². The van der Waals surface area contributed by atoms with E-state index in [1.165, 1.54) is 11.8 Å². The van der Waals surface area contributed by atoms with Crippen molar-refractivity contribution in [2.45, 2.75) is 5.75 Å². The molecule has 3 aromatic carbocycles. The first-order valence-electron chi connectivity index (χ1n) is 9.08. The highest BCUT2D eigenvalue weighted by molar-refractivity contribution is 7.99. The van der Waals surface area contributed by atoms with Crippen LogP contribution >= 0.6 is 11.8 Å². The third-order valence-electron chi connectivity index (χ3n) is 3.92. The lowest BCUT2D eigenvalue weighted by molar-refractivity contribution is -0.118. The number of hydrazone groups is 1. The van der Waals surface area contributed by atoms with Gasteiger partial charge >= 0.3 is 0 Å². The maximum Gasteiger partial charge on any atom is 0.250 e. The van der Waals surface area contributed by atoms with E-state index in [1.807, 2.05) is 78.9 Å². The number of nitrogens with zero attached hydrogens (tertiary/aromatic N) is 1. The van der Waals surface area contributed by atoms with Crippen LogP contribution in [0.15, 0.2) is 84.0 Å². The van der Waals surface area contributed by atoms with Crippen molar-refractivity contribution in [3.63, 3.8) is 0 Å². The van der Waals surface area contributed by atoms with Crippen LogP contribution in [0, 0.1) is 0 Å². The van der Waals surface area contributed by atoms with Crippen LogP contribution < -0.4 is 14.9 Å². The van der Waals surface area contributed by atoms with E-state index in [0.29, 0.717) is 5.75 Å². The van der Waals surface area contributed by atoms with E-state index in [-0.39, 0.29) is 5.91 Å². The lowest BCUT2D eigenvalue weighted by atomic mass is 10.2. The first-order valence-corrected chi connectivity index (χ1v) is 10.2. The summed E-state index contributed by atoms with van der Waals surface area (Å²) in [5.74, 6) is 3.31. The number of carbonyl (C=O) groups excluding carboxylic acids is 1. The normalized spacial score (nSPS) is 10.7. The van der Waals surface area contributed by atoms with Crippen LogP contribution in [0.25, 0.3) is 0 Å². The highest BCUT2D eigenvalue weighted by Crippen LogP contribution is 2.20. The number of carbonyl (C=O) groups is 1. The Bertz CT molecular complexity index is 927. The molecule has 3 rings (SSSR count). The second-order valence-corrected chi connectivity index (χ2v) is 7.10. The van der Waals surface area contributed by atoms with Gasteiger partial charge in [-0.25, -0.2) is 5.43 Å². The highest BCUT2D eigenvalue weighted by Gasteiger charge is 2.01. The van der Waals surface area contributed by atoms with Gasteiger partial charge in [-0.05, 0) is 59.7 Å². The monoisotopic (exact) mass is 406 g/mol. The Morgan fingerprint density at radius 3 is 2.28 bits per heavy atom. The standard InChI is InChI=1S/C23H22N2O3S/c1-27-20-11-9-19(10-12-20)16-29-17-23(26)25-24-15-18-7-13-22(14-8-18)28-21-5-3-2-4-6-21/h2-15H,16-17H2,1H3,(H,25,26)/b24-15-. The van der Waals surface area contributed by atoms with Crippen molar-refractivity contribution in [2.24, 2.45) is 5.10 Å². The number of hydrogen-bond donors (Lipinski definition) is 1. The van der Waals surface area contributed by atoms with Crippen LogP contribution in [0.5, 0.6) is 17.2 Å². The summed E-state index contributed by atoms with van der Waals surface area (Å²) in [5.41, 5.74) is 4.56. The van der Waals surface area contributed by atoms with Gasteiger partial charge in [-0.1, -0.05) is 30.3 Å². The fraction of sp³-hybridized carbons (Fsp3) is 0.130. The van der Waals surface area contributed by atoms with E-state index < -0.39 is 0 Å². The second kappa shape index (κ2) is 10.9. The largest absolute Gasteiger partial charge is 0.497 e. The molecule has 5 nitrogen and oxygen atoms in total. The molecule has 0 heterocycles. The number of ether oxygens (including phenoxy) is 2. The van der Waals surface area contributed by atoms with E-state index in [4.69, 9.17) is 9.47 Å². The molecule has 1 N–H and O–H groups in total. The number of nitrogens with one attached hydrogen (secondary N) is 1. The molecule has 148 valence electrons. The first-order chi connectivity index (χ1) is 14.2. The summed E-state index contributed by atoms with van der Waals surface area (Å²) >= 11 is 1.53. The zero-order chi connectivity index (χ0) is 20.3. The van der Waals surface area contributed by atoms with Gasteiger partial charge in [-0.3, -0.25) is 4.79 Å². The summed E-state index contributed by atoms with van der Waals surface area (Å²) in [6.45, 7) is 0. The smallest absolute Gasteiger partial charge is 0.250 e. The molecule has 0 saturated heterocycles. The summed E-state index contributed by atoms with van der Waals surface area (Å²) in [6.07, 6.45) is 1.61. The number of amides is 1. The number of hydrogen-bond acceptors (Lipinski definition) is 5. The predicted octanol–water partition coefficient (Wildman–Crippen LogP) is 4.87.